The zero-order valence-corrected chi connectivity index (χ0v) is 10.9. The van der Waals surface area contributed by atoms with Gasteiger partial charge in [0.15, 0.2) is 0 Å². The third-order valence-corrected chi connectivity index (χ3v) is 3.94. The highest BCUT2D eigenvalue weighted by atomic mass is 14.9. The van der Waals surface area contributed by atoms with Gasteiger partial charge in [-0.25, -0.2) is 4.98 Å². The first-order valence-electron chi connectivity index (χ1n) is 7.10. The van der Waals surface area contributed by atoms with Gasteiger partial charge in [0.25, 0.3) is 0 Å². The third kappa shape index (κ3) is 4.15. The summed E-state index contributed by atoms with van der Waals surface area (Å²) >= 11 is 0. The molecule has 2 N–H and O–H groups in total. The molecule has 2 rings (SSSR count). The second kappa shape index (κ2) is 6.80. The molecule has 0 saturated heterocycles. The molecule has 17 heavy (non-hydrogen) atoms. The Hall–Kier alpha value is -0.830. The van der Waals surface area contributed by atoms with Crippen LogP contribution in [0.15, 0.2) is 12.4 Å². The lowest BCUT2D eigenvalue weighted by atomic mass is 9.84. The van der Waals surface area contributed by atoms with Crippen molar-refractivity contribution in [2.45, 2.75) is 57.9 Å². The summed E-state index contributed by atoms with van der Waals surface area (Å²) in [7, 11) is 0. The highest BCUT2D eigenvalue weighted by molar-refractivity contribution is 4.87. The maximum absolute atomic E-state index is 4.24. The zero-order chi connectivity index (χ0) is 11.9. The molecular formula is C14H25N3. The van der Waals surface area contributed by atoms with E-state index in [-0.39, 0.29) is 0 Å². The fourth-order valence-electron chi connectivity index (χ4n) is 2.84. The summed E-state index contributed by atoms with van der Waals surface area (Å²) in [5.74, 6) is 2.08. The molecule has 1 saturated carbocycles. The van der Waals surface area contributed by atoms with Gasteiger partial charge >= 0.3 is 0 Å². The first-order valence-corrected chi connectivity index (χ1v) is 7.10. The second-order valence-corrected chi connectivity index (χ2v) is 5.23. The number of nitrogens with one attached hydrogen (secondary N) is 2. The number of imidazole rings is 1. The van der Waals surface area contributed by atoms with Crippen LogP contribution in [0.3, 0.4) is 0 Å². The van der Waals surface area contributed by atoms with Crippen LogP contribution >= 0.6 is 0 Å². The summed E-state index contributed by atoms with van der Waals surface area (Å²) in [5.41, 5.74) is 0. The van der Waals surface area contributed by atoms with Crippen LogP contribution < -0.4 is 5.32 Å². The third-order valence-electron chi connectivity index (χ3n) is 3.94. The number of H-pyrrole nitrogens is 1. The average molecular weight is 235 g/mol. The van der Waals surface area contributed by atoms with Crippen molar-refractivity contribution in [2.24, 2.45) is 5.92 Å². The minimum absolute atomic E-state index is 0.769. The van der Waals surface area contributed by atoms with Crippen LogP contribution in [0.4, 0.5) is 0 Å². The molecule has 0 spiro atoms. The Bertz CT molecular complexity index is 294. The fraction of sp³-hybridized carbons (Fsp3) is 0.786. The lowest BCUT2D eigenvalue weighted by molar-refractivity contribution is 0.279. The predicted molar refractivity (Wildman–Crippen MR) is 70.9 cm³/mol. The van der Waals surface area contributed by atoms with Crippen LogP contribution in [0.25, 0.3) is 0 Å². The summed E-state index contributed by atoms with van der Waals surface area (Å²) in [5, 5.41) is 3.71. The van der Waals surface area contributed by atoms with Gasteiger partial charge < -0.3 is 10.3 Å². The van der Waals surface area contributed by atoms with E-state index >= 15 is 0 Å². The van der Waals surface area contributed by atoms with Crippen molar-refractivity contribution in [3.05, 3.63) is 18.2 Å². The molecule has 1 heterocycles. The summed E-state index contributed by atoms with van der Waals surface area (Å²) in [6.07, 6.45) is 12.9. The van der Waals surface area contributed by atoms with Crippen molar-refractivity contribution >= 4 is 0 Å². The molecule has 2 unspecified atom stereocenters. The van der Waals surface area contributed by atoms with Crippen molar-refractivity contribution in [1.82, 2.24) is 15.3 Å². The molecule has 0 radical (unpaired) electrons. The normalized spacial score (nSPS) is 25.0. The van der Waals surface area contributed by atoms with E-state index in [1.54, 1.807) is 0 Å². The molecule has 1 aliphatic rings. The lowest BCUT2D eigenvalue weighted by Crippen LogP contribution is -2.34. The highest BCUT2D eigenvalue weighted by Gasteiger charge is 2.19. The van der Waals surface area contributed by atoms with Gasteiger partial charge in [0.05, 0.1) is 0 Å². The first-order chi connectivity index (χ1) is 8.38. The number of aromatic amines is 1. The summed E-state index contributed by atoms with van der Waals surface area (Å²) in [6, 6.07) is 0.769. The van der Waals surface area contributed by atoms with E-state index in [1.165, 1.54) is 38.5 Å². The van der Waals surface area contributed by atoms with Gasteiger partial charge in [-0.15, -0.1) is 0 Å². The van der Waals surface area contributed by atoms with Crippen LogP contribution in [-0.4, -0.2) is 22.6 Å². The number of nitrogens with zero attached hydrogens (tertiary/aromatic N) is 1. The number of hydrogen-bond acceptors (Lipinski definition) is 2. The molecular weight excluding hydrogens is 210 g/mol. The van der Waals surface area contributed by atoms with Gasteiger partial charge in [0.1, 0.15) is 5.82 Å². The first kappa shape index (κ1) is 12.6. The quantitative estimate of drug-likeness (QED) is 0.744. The largest absolute Gasteiger partial charge is 0.349 e. The Labute approximate surface area is 104 Å². The zero-order valence-electron chi connectivity index (χ0n) is 10.9. The van der Waals surface area contributed by atoms with E-state index in [0.717, 1.165) is 30.7 Å². The summed E-state index contributed by atoms with van der Waals surface area (Å²) in [6.45, 7) is 3.45. The minimum Gasteiger partial charge on any atom is -0.349 e. The van der Waals surface area contributed by atoms with E-state index in [4.69, 9.17) is 0 Å². The number of rotatable bonds is 6. The van der Waals surface area contributed by atoms with E-state index in [0.29, 0.717) is 0 Å². The SMILES string of the molecule is CCC1CCCC(NCCCc2ncc[nH]2)C1. The molecule has 1 aliphatic carbocycles. The van der Waals surface area contributed by atoms with Crippen LogP contribution in [0.2, 0.25) is 0 Å². The molecule has 0 aromatic carbocycles. The Morgan fingerprint density at radius 3 is 3.18 bits per heavy atom. The standard InChI is InChI=1S/C14H25N3/c1-2-12-5-3-6-13(11-12)15-8-4-7-14-16-9-10-17-14/h9-10,12-13,15H,2-8,11H2,1H3,(H,16,17). The van der Waals surface area contributed by atoms with Crippen LogP contribution in [0, 0.1) is 5.92 Å². The van der Waals surface area contributed by atoms with Crippen molar-refractivity contribution in [1.29, 1.82) is 0 Å². The maximum atomic E-state index is 4.24. The average Bonchev–Trinajstić information content (AvgIpc) is 2.88. The molecule has 0 aliphatic heterocycles. The lowest BCUT2D eigenvalue weighted by Gasteiger charge is -2.29. The van der Waals surface area contributed by atoms with Gasteiger partial charge in [-0.3, -0.25) is 0 Å². The van der Waals surface area contributed by atoms with Gasteiger partial charge in [-0.2, -0.15) is 0 Å². The molecule has 3 nitrogen and oxygen atoms in total. The van der Waals surface area contributed by atoms with Crippen molar-refractivity contribution in [3.8, 4) is 0 Å². The number of aromatic nitrogens is 2. The Balaban J connectivity index is 1.58. The Kier molecular flexibility index (Phi) is 5.05. The van der Waals surface area contributed by atoms with Gasteiger partial charge in [-0.1, -0.05) is 26.2 Å². The predicted octanol–water partition coefficient (Wildman–Crippen LogP) is 2.90. The van der Waals surface area contributed by atoms with Crippen LogP contribution in [-0.2, 0) is 6.42 Å². The Morgan fingerprint density at radius 1 is 1.47 bits per heavy atom. The van der Waals surface area contributed by atoms with E-state index in [1.807, 2.05) is 12.4 Å². The monoisotopic (exact) mass is 235 g/mol. The topological polar surface area (TPSA) is 40.7 Å². The van der Waals surface area contributed by atoms with Crippen molar-refractivity contribution < 1.29 is 0 Å². The van der Waals surface area contributed by atoms with E-state index in [9.17, 15) is 0 Å². The molecule has 1 aromatic rings. The summed E-state index contributed by atoms with van der Waals surface area (Å²) < 4.78 is 0. The van der Waals surface area contributed by atoms with Crippen LogP contribution in [0.1, 0.15) is 51.3 Å². The van der Waals surface area contributed by atoms with Gasteiger partial charge in [-0.05, 0) is 31.7 Å². The molecule has 1 fully saturated rings. The molecule has 0 amide bonds. The minimum atomic E-state index is 0.769. The van der Waals surface area contributed by atoms with Crippen LogP contribution in [0.5, 0.6) is 0 Å². The molecule has 1 aromatic heterocycles. The number of aryl methyl sites for hydroxylation is 1. The van der Waals surface area contributed by atoms with Gasteiger partial charge in [0.2, 0.25) is 0 Å². The van der Waals surface area contributed by atoms with Gasteiger partial charge in [0, 0.05) is 24.9 Å². The molecule has 0 bridgehead atoms. The molecule has 3 heteroatoms. The molecule has 96 valence electrons. The highest BCUT2D eigenvalue weighted by Crippen LogP contribution is 2.26. The summed E-state index contributed by atoms with van der Waals surface area (Å²) in [4.78, 5) is 7.40. The fourth-order valence-corrected chi connectivity index (χ4v) is 2.84. The smallest absolute Gasteiger partial charge is 0.106 e. The number of hydrogen-bond donors (Lipinski definition) is 2. The van der Waals surface area contributed by atoms with E-state index < -0.39 is 0 Å². The molecule has 2 atom stereocenters. The van der Waals surface area contributed by atoms with E-state index in [2.05, 4.69) is 22.2 Å². The Morgan fingerprint density at radius 2 is 2.41 bits per heavy atom. The van der Waals surface area contributed by atoms with Crippen molar-refractivity contribution in [3.63, 3.8) is 0 Å². The second-order valence-electron chi connectivity index (χ2n) is 5.23. The van der Waals surface area contributed by atoms with Crippen molar-refractivity contribution in [2.75, 3.05) is 6.54 Å². The maximum Gasteiger partial charge on any atom is 0.106 e.